The molecule has 8 heteroatoms. The number of hydrogen-bond acceptors (Lipinski definition) is 7. The molecule has 3 rings (SSSR count). The molecule has 0 saturated carbocycles. The summed E-state index contributed by atoms with van der Waals surface area (Å²) in [4.78, 5) is 28.6. The molecule has 0 bridgehead atoms. The number of pyridine rings is 1. The van der Waals surface area contributed by atoms with Crippen LogP contribution in [0.3, 0.4) is 0 Å². The van der Waals surface area contributed by atoms with Gasteiger partial charge in [0, 0.05) is 47.4 Å². The quantitative estimate of drug-likeness (QED) is 0.591. The molecule has 7 nitrogen and oxygen atoms in total. The minimum Gasteiger partial charge on any atom is -0.496 e. The van der Waals surface area contributed by atoms with Gasteiger partial charge in [-0.3, -0.25) is 9.59 Å². The van der Waals surface area contributed by atoms with E-state index in [1.165, 1.54) is 27.4 Å². The molecule has 31 heavy (non-hydrogen) atoms. The van der Waals surface area contributed by atoms with Gasteiger partial charge in [0.1, 0.15) is 11.5 Å². The van der Waals surface area contributed by atoms with E-state index in [0.717, 1.165) is 0 Å². The Balaban J connectivity index is 2.19. The number of nitrogens with zero attached hydrogens (tertiary/aromatic N) is 1. The first-order valence-electron chi connectivity index (χ1n) is 9.63. The van der Waals surface area contributed by atoms with Crippen molar-refractivity contribution in [2.75, 3.05) is 21.3 Å². The van der Waals surface area contributed by atoms with Crippen molar-refractivity contribution >= 4 is 23.7 Å². The fraction of sp³-hybridized carbons (Fsp3) is 0.348. The van der Waals surface area contributed by atoms with Gasteiger partial charge < -0.3 is 18.9 Å². The third-order valence-corrected chi connectivity index (χ3v) is 5.86. The molecule has 0 radical (unpaired) electrons. The minimum absolute atomic E-state index is 0.135. The summed E-state index contributed by atoms with van der Waals surface area (Å²) >= 11 is 6.77. The summed E-state index contributed by atoms with van der Waals surface area (Å²) in [5.74, 6) is 0.786. The molecular weight excluding hydrogens is 422 g/mol. The predicted molar refractivity (Wildman–Crippen MR) is 116 cm³/mol. The number of carbonyl (C=O) groups is 2. The van der Waals surface area contributed by atoms with Crippen LogP contribution in [0.1, 0.15) is 18.9 Å². The van der Waals surface area contributed by atoms with Crippen LogP contribution in [0, 0.1) is 12.8 Å². The van der Waals surface area contributed by atoms with Crippen molar-refractivity contribution < 1.29 is 28.5 Å². The van der Waals surface area contributed by atoms with E-state index in [9.17, 15) is 9.59 Å². The molecule has 0 saturated heterocycles. The van der Waals surface area contributed by atoms with Crippen LogP contribution in [0.5, 0.6) is 17.4 Å². The van der Waals surface area contributed by atoms with Crippen LogP contribution >= 0.6 is 11.6 Å². The Morgan fingerprint density at radius 2 is 1.94 bits per heavy atom. The Bertz CT molecular complexity index is 1030. The summed E-state index contributed by atoms with van der Waals surface area (Å²) in [6.45, 7) is 3.54. The number of methoxy groups -OCH3 is 3. The maximum Gasteiger partial charge on any atom is 0.223 e. The molecule has 0 unspecified atom stereocenters. The Hall–Kier alpha value is -3.06. The van der Waals surface area contributed by atoms with Gasteiger partial charge in [-0.2, -0.15) is 0 Å². The summed E-state index contributed by atoms with van der Waals surface area (Å²) in [6.07, 6.45) is 3.72. The van der Waals surface area contributed by atoms with Crippen LogP contribution < -0.4 is 14.2 Å². The van der Waals surface area contributed by atoms with Crippen LogP contribution in [-0.2, 0) is 14.3 Å². The molecule has 0 N–H and O–H groups in total. The van der Waals surface area contributed by atoms with E-state index in [0.29, 0.717) is 34.6 Å². The van der Waals surface area contributed by atoms with E-state index in [1.54, 1.807) is 32.2 Å². The second-order valence-corrected chi connectivity index (χ2v) is 7.66. The minimum atomic E-state index is -1.50. The summed E-state index contributed by atoms with van der Waals surface area (Å²) in [6, 6.07) is 5.30. The number of ketones is 1. The molecule has 0 amide bonds. The summed E-state index contributed by atoms with van der Waals surface area (Å²) in [7, 11) is 4.47. The first-order valence-corrected chi connectivity index (χ1v) is 10.0. The Morgan fingerprint density at radius 1 is 1.19 bits per heavy atom. The van der Waals surface area contributed by atoms with E-state index in [-0.39, 0.29) is 28.7 Å². The van der Waals surface area contributed by atoms with Crippen molar-refractivity contribution in [1.82, 2.24) is 4.98 Å². The lowest BCUT2D eigenvalue weighted by Crippen LogP contribution is -2.50. The van der Waals surface area contributed by atoms with E-state index in [1.807, 2.05) is 6.07 Å². The molecule has 0 fully saturated rings. The number of halogens is 1. The predicted octanol–water partition coefficient (Wildman–Crippen LogP) is 4.18. The molecule has 1 aromatic heterocycles. The van der Waals surface area contributed by atoms with Gasteiger partial charge in [-0.05, 0) is 19.1 Å². The average molecular weight is 446 g/mol. The number of benzene rings is 1. The standard InChI is InChI=1S/C23H24ClNO6/c1-13-8-16(27)9-19(29-4)23(13,12-26)31-22-14(2)18(28-3)10-17(21(22)24)15-6-7-20(30-5)25-11-15/h6-7,9-13H,8H2,1-5H3/t13-,23+/m1/s1. The van der Waals surface area contributed by atoms with Crippen molar-refractivity contribution in [2.45, 2.75) is 25.9 Å². The Morgan fingerprint density at radius 3 is 2.48 bits per heavy atom. The molecule has 1 heterocycles. The van der Waals surface area contributed by atoms with Gasteiger partial charge >= 0.3 is 0 Å². The van der Waals surface area contributed by atoms with E-state index in [2.05, 4.69) is 4.98 Å². The van der Waals surface area contributed by atoms with Gasteiger partial charge in [0.2, 0.25) is 11.5 Å². The SMILES string of the molecule is COC1=CC(=O)C[C@@H](C)[C@]1(C=O)Oc1c(C)c(OC)cc(-c2ccc(OC)nc2)c1Cl. The molecule has 164 valence electrons. The van der Waals surface area contributed by atoms with Crippen molar-refractivity contribution in [3.63, 3.8) is 0 Å². The maximum atomic E-state index is 12.3. The topological polar surface area (TPSA) is 84.0 Å². The third kappa shape index (κ3) is 3.97. The maximum absolute atomic E-state index is 12.3. The van der Waals surface area contributed by atoms with E-state index < -0.39 is 11.5 Å². The number of rotatable bonds is 7. The van der Waals surface area contributed by atoms with Crippen LogP contribution in [0.4, 0.5) is 0 Å². The van der Waals surface area contributed by atoms with Crippen LogP contribution in [0.25, 0.3) is 11.1 Å². The zero-order chi connectivity index (χ0) is 22.8. The normalized spacial score (nSPS) is 20.6. The lowest BCUT2D eigenvalue weighted by Gasteiger charge is -2.38. The fourth-order valence-corrected chi connectivity index (χ4v) is 4.00. The molecule has 0 aliphatic heterocycles. The van der Waals surface area contributed by atoms with Gasteiger partial charge in [-0.25, -0.2) is 4.98 Å². The van der Waals surface area contributed by atoms with E-state index >= 15 is 0 Å². The monoisotopic (exact) mass is 445 g/mol. The van der Waals surface area contributed by atoms with Gasteiger partial charge in [0.05, 0.1) is 26.4 Å². The second-order valence-electron chi connectivity index (χ2n) is 7.28. The summed E-state index contributed by atoms with van der Waals surface area (Å²) < 4.78 is 22.3. The van der Waals surface area contributed by atoms with Crippen molar-refractivity contribution in [3.8, 4) is 28.5 Å². The van der Waals surface area contributed by atoms with Gasteiger partial charge in [0.25, 0.3) is 0 Å². The Kier molecular flexibility index (Phi) is 6.55. The first kappa shape index (κ1) is 22.6. The smallest absolute Gasteiger partial charge is 0.223 e. The molecule has 2 aromatic rings. The highest BCUT2D eigenvalue weighted by molar-refractivity contribution is 6.35. The third-order valence-electron chi connectivity index (χ3n) is 5.48. The van der Waals surface area contributed by atoms with Crippen LogP contribution in [0.2, 0.25) is 5.02 Å². The second kappa shape index (κ2) is 8.98. The number of aldehydes is 1. The van der Waals surface area contributed by atoms with Crippen molar-refractivity contribution in [2.24, 2.45) is 5.92 Å². The zero-order valence-corrected chi connectivity index (χ0v) is 18.8. The molecule has 2 atom stereocenters. The highest BCUT2D eigenvalue weighted by atomic mass is 35.5. The van der Waals surface area contributed by atoms with Crippen LogP contribution in [0.15, 0.2) is 36.2 Å². The van der Waals surface area contributed by atoms with Crippen molar-refractivity contribution in [3.05, 3.63) is 46.8 Å². The largest absolute Gasteiger partial charge is 0.496 e. The number of allylic oxidation sites excluding steroid dienone is 1. The summed E-state index contributed by atoms with van der Waals surface area (Å²) in [5, 5.41) is 0.283. The highest BCUT2D eigenvalue weighted by Gasteiger charge is 2.48. The number of aromatic nitrogens is 1. The summed E-state index contributed by atoms with van der Waals surface area (Å²) in [5.41, 5.74) is 0.429. The molecule has 1 aromatic carbocycles. The van der Waals surface area contributed by atoms with Crippen LogP contribution in [-0.4, -0.2) is 44.0 Å². The number of ether oxygens (including phenoxy) is 4. The van der Waals surface area contributed by atoms with Gasteiger partial charge in [-0.1, -0.05) is 18.5 Å². The highest BCUT2D eigenvalue weighted by Crippen LogP contribution is 2.46. The average Bonchev–Trinajstić information content (AvgIpc) is 2.78. The molecule has 0 spiro atoms. The fourth-order valence-electron chi connectivity index (χ4n) is 3.66. The molecule has 1 aliphatic rings. The zero-order valence-electron chi connectivity index (χ0n) is 18.0. The number of hydrogen-bond donors (Lipinski definition) is 0. The molecule has 1 aliphatic carbocycles. The first-order chi connectivity index (χ1) is 14.8. The number of carbonyl (C=O) groups excluding carboxylic acids is 2. The van der Waals surface area contributed by atoms with Crippen molar-refractivity contribution in [1.29, 1.82) is 0 Å². The lowest BCUT2D eigenvalue weighted by atomic mass is 9.79. The van der Waals surface area contributed by atoms with E-state index in [4.69, 9.17) is 30.5 Å². The Labute approximate surface area is 185 Å². The lowest BCUT2D eigenvalue weighted by molar-refractivity contribution is -0.130. The van der Waals surface area contributed by atoms with Gasteiger partial charge in [0.15, 0.2) is 17.8 Å². The molecular formula is C23H24ClNO6. The van der Waals surface area contributed by atoms with Gasteiger partial charge in [-0.15, -0.1) is 0 Å².